The predicted octanol–water partition coefficient (Wildman–Crippen LogP) is 2.75. The molecule has 0 aliphatic carbocycles. The largest absolute Gasteiger partial charge is 0.497 e. The number of nitrogens with two attached hydrogens (primary N) is 1. The van der Waals surface area contributed by atoms with E-state index in [4.69, 9.17) is 10.5 Å². The molecular weight excluding hydrogens is 250 g/mol. The molecule has 106 valence electrons. The molecule has 2 aromatic rings. The molecule has 4 heteroatoms. The van der Waals surface area contributed by atoms with Crippen molar-refractivity contribution in [2.75, 3.05) is 19.1 Å². The van der Waals surface area contributed by atoms with Gasteiger partial charge >= 0.3 is 0 Å². The van der Waals surface area contributed by atoms with E-state index in [1.54, 1.807) is 13.3 Å². The van der Waals surface area contributed by atoms with Crippen LogP contribution in [0.15, 0.2) is 42.6 Å². The molecular formula is C16H21N3O. The van der Waals surface area contributed by atoms with Crippen LogP contribution in [-0.2, 0) is 6.54 Å². The zero-order chi connectivity index (χ0) is 14.5. The van der Waals surface area contributed by atoms with Crippen LogP contribution >= 0.6 is 0 Å². The summed E-state index contributed by atoms with van der Waals surface area (Å²) in [5, 5.41) is 0. The lowest BCUT2D eigenvalue weighted by Gasteiger charge is -2.19. The maximum absolute atomic E-state index is 5.91. The summed E-state index contributed by atoms with van der Waals surface area (Å²) < 4.78 is 5.16. The molecule has 1 atom stereocenters. The Balaban J connectivity index is 2.10. The van der Waals surface area contributed by atoms with Crippen molar-refractivity contribution in [1.82, 2.24) is 4.98 Å². The molecule has 1 aromatic carbocycles. The van der Waals surface area contributed by atoms with Gasteiger partial charge in [-0.05, 0) is 42.3 Å². The molecule has 0 bridgehead atoms. The smallest absolute Gasteiger partial charge is 0.128 e. The maximum Gasteiger partial charge on any atom is 0.128 e. The van der Waals surface area contributed by atoms with E-state index in [0.717, 1.165) is 23.7 Å². The number of hydrogen-bond acceptors (Lipinski definition) is 4. The molecule has 20 heavy (non-hydrogen) atoms. The summed E-state index contributed by atoms with van der Waals surface area (Å²) in [6.45, 7) is 2.77. The van der Waals surface area contributed by atoms with Gasteiger partial charge in [0.1, 0.15) is 11.6 Å². The van der Waals surface area contributed by atoms with Crippen molar-refractivity contribution in [2.24, 2.45) is 5.73 Å². The Labute approximate surface area is 120 Å². The van der Waals surface area contributed by atoms with Crippen LogP contribution in [0, 0.1) is 0 Å². The van der Waals surface area contributed by atoms with Gasteiger partial charge in [0.05, 0.1) is 7.11 Å². The predicted molar refractivity (Wildman–Crippen MR) is 81.9 cm³/mol. The van der Waals surface area contributed by atoms with Crippen molar-refractivity contribution in [1.29, 1.82) is 0 Å². The van der Waals surface area contributed by atoms with E-state index < -0.39 is 0 Å². The van der Waals surface area contributed by atoms with Crippen molar-refractivity contribution in [3.05, 3.63) is 53.7 Å². The third-order valence-corrected chi connectivity index (χ3v) is 3.27. The van der Waals surface area contributed by atoms with Gasteiger partial charge in [-0.25, -0.2) is 4.98 Å². The summed E-state index contributed by atoms with van der Waals surface area (Å²) in [4.78, 5) is 6.50. The van der Waals surface area contributed by atoms with E-state index in [-0.39, 0.29) is 6.04 Å². The second-order valence-electron chi connectivity index (χ2n) is 4.94. The Morgan fingerprint density at radius 2 is 1.95 bits per heavy atom. The number of anilines is 1. The molecule has 0 saturated heterocycles. The van der Waals surface area contributed by atoms with Crippen molar-refractivity contribution in [2.45, 2.75) is 19.5 Å². The molecule has 4 nitrogen and oxygen atoms in total. The summed E-state index contributed by atoms with van der Waals surface area (Å²) in [7, 11) is 3.70. The first-order chi connectivity index (χ1) is 9.60. The molecule has 0 amide bonds. The van der Waals surface area contributed by atoms with Crippen LogP contribution in [0.1, 0.15) is 24.1 Å². The van der Waals surface area contributed by atoms with Crippen molar-refractivity contribution in [3.63, 3.8) is 0 Å². The van der Waals surface area contributed by atoms with E-state index in [1.807, 2.05) is 38.2 Å². The van der Waals surface area contributed by atoms with Gasteiger partial charge in [0.25, 0.3) is 0 Å². The molecule has 1 aromatic heterocycles. The molecule has 2 N–H and O–H groups in total. The van der Waals surface area contributed by atoms with Gasteiger partial charge in [0.2, 0.25) is 0 Å². The molecule has 0 saturated carbocycles. The Bertz CT molecular complexity index is 552. The highest BCUT2D eigenvalue weighted by Gasteiger charge is 2.06. The standard InChI is InChI=1S/C16H21N3O/c1-12(17)14-8-9-18-16(10-14)19(2)11-13-4-6-15(20-3)7-5-13/h4-10,12H,11,17H2,1-3H3. The van der Waals surface area contributed by atoms with E-state index in [1.165, 1.54) is 5.56 Å². The van der Waals surface area contributed by atoms with Crippen LogP contribution in [-0.4, -0.2) is 19.1 Å². The molecule has 0 aliphatic rings. The summed E-state index contributed by atoms with van der Waals surface area (Å²) in [6, 6.07) is 12.1. The quantitative estimate of drug-likeness (QED) is 0.908. The Morgan fingerprint density at radius 1 is 1.25 bits per heavy atom. The average Bonchev–Trinajstić information content (AvgIpc) is 2.48. The average molecular weight is 271 g/mol. The second-order valence-corrected chi connectivity index (χ2v) is 4.94. The number of pyridine rings is 1. The first kappa shape index (κ1) is 14.3. The van der Waals surface area contributed by atoms with Gasteiger partial charge < -0.3 is 15.4 Å². The van der Waals surface area contributed by atoms with Crippen LogP contribution in [0.2, 0.25) is 0 Å². The van der Waals surface area contributed by atoms with Gasteiger partial charge in [-0.2, -0.15) is 0 Å². The van der Waals surface area contributed by atoms with Crippen LogP contribution in [0.3, 0.4) is 0 Å². The molecule has 0 radical (unpaired) electrons. The van der Waals surface area contributed by atoms with E-state index >= 15 is 0 Å². The minimum absolute atomic E-state index is 0.0196. The monoisotopic (exact) mass is 271 g/mol. The molecule has 1 heterocycles. The van der Waals surface area contributed by atoms with Gasteiger partial charge in [-0.1, -0.05) is 12.1 Å². The minimum atomic E-state index is 0.0196. The minimum Gasteiger partial charge on any atom is -0.497 e. The molecule has 0 aliphatic heterocycles. The maximum atomic E-state index is 5.91. The lowest BCUT2D eigenvalue weighted by atomic mass is 10.1. The summed E-state index contributed by atoms with van der Waals surface area (Å²) >= 11 is 0. The van der Waals surface area contributed by atoms with Crippen LogP contribution in [0.25, 0.3) is 0 Å². The molecule has 0 spiro atoms. The number of benzene rings is 1. The molecule has 1 unspecified atom stereocenters. The number of nitrogens with zero attached hydrogens (tertiary/aromatic N) is 2. The Hall–Kier alpha value is -2.07. The number of rotatable bonds is 5. The van der Waals surface area contributed by atoms with Crippen LogP contribution < -0.4 is 15.4 Å². The second kappa shape index (κ2) is 6.39. The highest BCUT2D eigenvalue weighted by molar-refractivity contribution is 5.42. The van der Waals surface area contributed by atoms with E-state index in [0.29, 0.717) is 0 Å². The highest BCUT2D eigenvalue weighted by Crippen LogP contribution is 2.18. The molecule has 2 rings (SSSR count). The fourth-order valence-electron chi connectivity index (χ4n) is 2.01. The van der Waals surface area contributed by atoms with E-state index in [2.05, 4.69) is 22.0 Å². The van der Waals surface area contributed by atoms with Gasteiger partial charge in [0, 0.05) is 25.8 Å². The van der Waals surface area contributed by atoms with E-state index in [9.17, 15) is 0 Å². The van der Waals surface area contributed by atoms with Crippen LogP contribution in [0.5, 0.6) is 5.75 Å². The number of aromatic nitrogens is 1. The Kier molecular flexibility index (Phi) is 4.58. The Morgan fingerprint density at radius 3 is 2.55 bits per heavy atom. The lowest BCUT2D eigenvalue weighted by Crippen LogP contribution is -2.18. The summed E-state index contributed by atoms with van der Waals surface area (Å²) in [6.07, 6.45) is 1.80. The van der Waals surface area contributed by atoms with Crippen molar-refractivity contribution < 1.29 is 4.74 Å². The van der Waals surface area contributed by atoms with Gasteiger partial charge in [-0.3, -0.25) is 0 Å². The lowest BCUT2D eigenvalue weighted by molar-refractivity contribution is 0.414. The molecule has 0 fully saturated rings. The number of methoxy groups -OCH3 is 1. The third kappa shape index (κ3) is 3.48. The topological polar surface area (TPSA) is 51.4 Å². The SMILES string of the molecule is COc1ccc(CN(C)c2cc(C(C)N)ccn2)cc1. The zero-order valence-electron chi connectivity index (χ0n) is 12.2. The van der Waals surface area contributed by atoms with Crippen LogP contribution in [0.4, 0.5) is 5.82 Å². The van der Waals surface area contributed by atoms with Gasteiger partial charge in [-0.15, -0.1) is 0 Å². The normalized spacial score (nSPS) is 12.0. The first-order valence-electron chi connectivity index (χ1n) is 6.65. The first-order valence-corrected chi connectivity index (χ1v) is 6.65. The fourth-order valence-corrected chi connectivity index (χ4v) is 2.01. The fraction of sp³-hybridized carbons (Fsp3) is 0.312. The van der Waals surface area contributed by atoms with Gasteiger partial charge in [0.15, 0.2) is 0 Å². The third-order valence-electron chi connectivity index (χ3n) is 3.27. The summed E-state index contributed by atoms with van der Waals surface area (Å²) in [5.41, 5.74) is 8.21. The number of hydrogen-bond donors (Lipinski definition) is 1. The van der Waals surface area contributed by atoms with Crippen molar-refractivity contribution >= 4 is 5.82 Å². The van der Waals surface area contributed by atoms with Crippen molar-refractivity contribution in [3.8, 4) is 5.75 Å². The highest BCUT2D eigenvalue weighted by atomic mass is 16.5. The summed E-state index contributed by atoms with van der Waals surface area (Å²) in [5.74, 6) is 1.80. The zero-order valence-corrected chi connectivity index (χ0v) is 12.2. The number of ether oxygens (including phenoxy) is 1.